The number of nitrogens with zero attached hydrogens (tertiary/aromatic N) is 1. The molecule has 3 aromatic rings. The number of benzene rings is 2. The molecule has 0 bridgehead atoms. The number of H-pyrrole nitrogens is 1. The molecule has 0 aliphatic heterocycles. The molecule has 2 aromatic carbocycles. The Morgan fingerprint density at radius 3 is 2.71 bits per heavy atom. The van der Waals surface area contributed by atoms with Crippen LogP contribution in [0.15, 0.2) is 36.4 Å². The number of rotatable bonds is 5. The van der Waals surface area contributed by atoms with Crippen LogP contribution in [0.2, 0.25) is 0 Å². The number of primary amides is 1. The number of imidazole rings is 1. The van der Waals surface area contributed by atoms with Gasteiger partial charge in [0.05, 0.1) is 11.1 Å². The quantitative estimate of drug-likeness (QED) is 0.675. The third kappa shape index (κ3) is 2.88. The molecule has 5 nitrogen and oxygen atoms in total. The van der Waals surface area contributed by atoms with Crippen molar-refractivity contribution in [3.63, 3.8) is 0 Å². The van der Waals surface area contributed by atoms with Crippen molar-refractivity contribution in [1.82, 2.24) is 15.3 Å². The van der Waals surface area contributed by atoms with Crippen molar-refractivity contribution < 1.29 is 9.18 Å². The molecule has 1 aliphatic rings. The summed E-state index contributed by atoms with van der Waals surface area (Å²) in [6.07, 6.45) is 2.52. The lowest BCUT2D eigenvalue weighted by molar-refractivity contribution is 0.100. The molecule has 1 aliphatic carbocycles. The zero-order valence-electron chi connectivity index (χ0n) is 13.0. The predicted octanol–water partition coefficient (Wildman–Crippen LogP) is 2.72. The van der Waals surface area contributed by atoms with Crippen LogP contribution in [0.3, 0.4) is 0 Å². The average molecular weight is 324 g/mol. The summed E-state index contributed by atoms with van der Waals surface area (Å²) in [5.41, 5.74) is 8.31. The third-order valence-electron chi connectivity index (χ3n) is 4.22. The maximum Gasteiger partial charge on any atom is 0.251 e. The molecule has 1 saturated carbocycles. The van der Waals surface area contributed by atoms with Gasteiger partial charge in [-0.15, -0.1) is 0 Å². The van der Waals surface area contributed by atoms with Crippen molar-refractivity contribution >= 4 is 16.9 Å². The Balaban J connectivity index is 1.65. The highest BCUT2D eigenvalue weighted by Gasteiger charge is 2.20. The first-order chi connectivity index (χ1) is 11.6. The van der Waals surface area contributed by atoms with Crippen LogP contribution in [0, 0.1) is 5.82 Å². The van der Waals surface area contributed by atoms with Crippen molar-refractivity contribution in [3.05, 3.63) is 53.3 Å². The molecule has 1 fully saturated rings. The lowest BCUT2D eigenvalue weighted by atomic mass is 10.1. The molecule has 1 aromatic heterocycles. The van der Waals surface area contributed by atoms with E-state index in [0.29, 0.717) is 22.9 Å². The molecule has 122 valence electrons. The van der Waals surface area contributed by atoms with Crippen LogP contribution in [0.25, 0.3) is 22.4 Å². The van der Waals surface area contributed by atoms with Crippen molar-refractivity contribution in [3.8, 4) is 11.4 Å². The van der Waals surface area contributed by atoms with Crippen molar-refractivity contribution in [1.29, 1.82) is 0 Å². The molecule has 0 saturated heterocycles. The van der Waals surface area contributed by atoms with Crippen LogP contribution in [0.5, 0.6) is 0 Å². The fourth-order valence-corrected chi connectivity index (χ4v) is 2.74. The van der Waals surface area contributed by atoms with E-state index < -0.39 is 11.7 Å². The third-order valence-corrected chi connectivity index (χ3v) is 4.22. The molecule has 0 radical (unpaired) electrons. The van der Waals surface area contributed by atoms with Gasteiger partial charge in [-0.05, 0) is 30.5 Å². The largest absolute Gasteiger partial charge is 0.366 e. The Bertz CT molecular complexity index is 913. The number of hydrogen-bond donors (Lipinski definition) is 3. The van der Waals surface area contributed by atoms with Crippen molar-refractivity contribution in [2.75, 3.05) is 0 Å². The van der Waals surface area contributed by atoms with E-state index >= 15 is 0 Å². The van der Waals surface area contributed by atoms with Crippen LogP contribution in [-0.2, 0) is 6.54 Å². The van der Waals surface area contributed by atoms with Crippen LogP contribution in [0.4, 0.5) is 4.39 Å². The normalized spacial score (nSPS) is 14.2. The van der Waals surface area contributed by atoms with E-state index in [-0.39, 0.29) is 5.56 Å². The van der Waals surface area contributed by atoms with Crippen molar-refractivity contribution in [2.45, 2.75) is 25.4 Å². The van der Waals surface area contributed by atoms with Gasteiger partial charge < -0.3 is 16.0 Å². The first kappa shape index (κ1) is 14.8. The second-order valence-electron chi connectivity index (χ2n) is 6.15. The summed E-state index contributed by atoms with van der Waals surface area (Å²) in [5, 5.41) is 3.46. The molecular formula is C18H17FN4O. The standard InChI is InChI=1S/C18H17FN4O/c19-12-7-14(17(20)24)16-15(8-12)22-18(23-16)11-3-1-10(2-4-11)9-21-13-5-6-13/h1-4,7-8,13,21H,5-6,9H2,(H2,20,24)(H,22,23). The van der Waals surface area contributed by atoms with E-state index in [1.165, 1.54) is 24.5 Å². The van der Waals surface area contributed by atoms with Crippen LogP contribution >= 0.6 is 0 Å². The number of nitrogens with one attached hydrogen (secondary N) is 2. The number of carbonyl (C=O) groups is 1. The molecule has 6 heteroatoms. The topological polar surface area (TPSA) is 83.8 Å². The number of halogens is 1. The Morgan fingerprint density at radius 2 is 2.04 bits per heavy atom. The number of nitrogens with two attached hydrogens (primary N) is 1. The Hall–Kier alpha value is -2.73. The van der Waals surface area contributed by atoms with Crippen molar-refractivity contribution in [2.24, 2.45) is 5.73 Å². The second-order valence-corrected chi connectivity index (χ2v) is 6.15. The monoisotopic (exact) mass is 324 g/mol. The van der Waals surface area contributed by atoms with E-state index in [4.69, 9.17) is 5.73 Å². The Labute approximate surface area is 138 Å². The lowest BCUT2D eigenvalue weighted by Gasteiger charge is -2.03. The highest BCUT2D eigenvalue weighted by atomic mass is 19.1. The number of fused-ring (bicyclic) bond motifs is 1. The first-order valence-electron chi connectivity index (χ1n) is 7.92. The van der Waals surface area contributed by atoms with E-state index in [9.17, 15) is 9.18 Å². The molecular weight excluding hydrogens is 307 g/mol. The Kier molecular flexibility index (Phi) is 3.54. The lowest BCUT2D eigenvalue weighted by Crippen LogP contribution is -2.15. The molecule has 0 spiro atoms. The summed E-state index contributed by atoms with van der Waals surface area (Å²) in [5.74, 6) is -0.633. The minimum Gasteiger partial charge on any atom is -0.366 e. The van der Waals surface area contributed by atoms with Gasteiger partial charge in [0.25, 0.3) is 5.91 Å². The number of aromatic nitrogens is 2. The fraction of sp³-hybridized carbons (Fsp3) is 0.222. The minimum absolute atomic E-state index is 0.0813. The molecule has 0 unspecified atom stereocenters. The average Bonchev–Trinajstić information content (AvgIpc) is 3.30. The number of carbonyl (C=O) groups excluding carboxylic acids is 1. The maximum atomic E-state index is 13.6. The van der Waals surface area contributed by atoms with Gasteiger partial charge in [0.1, 0.15) is 17.2 Å². The molecule has 0 atom stereocenters. The molecule has 24 heavy (non-hydrogen) atoms. The van der Waals surface area contributed by atoms with Gasteiger partial charge >= 0.3 is 0 Å². The zero-order chi connectivity index (χ0) is 16.7. The number of aromatic amines is 1. The molecule has 4 N–H and O–H groups in total. The zero-order valence-corrected chi connectivity index (χ0v) is 13.0. The van der Waals surface area contributed by atoms with Crippen LogP contribution in [0.1, 0.15) is 28.8 Å². The van der Waals surface area contributed by atoms with E-state index in [1.807, 2.05) is 24.3 Å². The fourth-order valence-electron chi connectivity index (χ4n) is 2.74. The number of amides is 1. The summed E-state index contributed by atoms with van der Waals surface area (Å²) in [7, 11) is 0. The maximum absolute atomic E-state index is 13.6. The summed E-state index contributed by atoms with van der Waals surface area (Å²) in [6, 6.07) is 11.1. The van der Waals surface area contributed by atoms with Gasteiger partial charge in [-0.3, -0.25) is 4.79 Å². The predicted molar refractivity (Wildman–Crippen MR) is 89.9 cm³/mol. The molecule has 1 heterocycles. The summed E-state index contributed by atoms with van der Waals surface area (Å²) >= 11 is 0. The Morgan fingerprint density at radius 1 is 1.29 bits per heavy atom. The van der Waals surface area contributed by atoms with Crippen LogP contribution < -0.4 is 11.1 Å². The van der Waals surface area contributed by atoms with E-state index in [0.717, 1.165) is 18.2 Å². The summed E-state index contributed by atoms with van der Waals surface area (Å²) < 4.78 is 13.6. The SMILES string of the molecule is NC(=O)c1cc(F)cc2[nH]c(-c3ccc(CNC4CC4)cc3)nc12. The van der Waals surface area contributed by atoms with Gasteiger partial charge in [-0.1, -0.05) is 24.3 Å². The van der Waals surface area contributed by atoms with Gasteiger partial charge in [0.15, 0.2) is 0 Å². The highest BCUT2D eigenvalue weighted by Crippen LogP contribution is 2.25. The van der Waals surface area contributed by atoms with E-state index in [2.05, 4.69) is 15.3 Å². The van der Waals surface area contributed by atoms with Gasteiger partial charge in [-0.25, -0.2) is 9.37 Å². The van der Waals surface area contributed by atoms with Crippen LogP contribution in [-0.4, -0.2) is 21.9 Å². The summed E-state index contributed by atoms with van der Waals surface area (Å²) in [6.45, 7) is 0.849. The van der Waals surface area contributed by atoms with Gasteiger partial charge in [0, 0.05) is 18.2 Å². The molecule has 4 rings (SSSR count). The van der Waals surface area contributed by atoms with Gasteiger partial charge in [-0.2, -0.15) is 0 Å². The van der Waals surface area contributed by atoms with E-state index in [1.54, 1.807) is 0 Å². The first-order valence-corrected chi connectivity index (χ1v) is 7.92. The summed E-state index contributed by atoms with van der Waals surface area (Å²) in [4.78, 5) is 19.0. The smallest absolute Gasteiger partial charge is 0.251 e. The minimum atomic E-state index is -0.695. The second kappa shape index (κ2) is 5.72. The van der Waals surface area contributed by atoms with Gasteiger partial charge in [0.2, 0.25) is 0 Å². The molecule has 1 amide bonds. The highest BCUT2D eigenvalue weighted by molar-refractivity contribution is 6.04. The number of hydrogen-bond acceptors (Lipinski definition) is 3.